The number of aromatic nitrogens is 2. The Hall–Kier alpha value is -2.30. The van der Waals surface area contributed by atoms with Gasteiger partial charge in [0.25, 0.3) is 5.91 Å². The zero-order valence-corrected chi connectivity index (χ0v) is 12.3. The molecule has 0 bridgehead atoms. The van der Waals surface area contributed by atoms with Gasteiger partial charge >= 0.3 is 0 Å². The van der Waals surface area contributed by atoms with Gasteiger partial charge in [0.05, 0.1) is 0 Å². The summed E-state index contributed by atoms with van der Waals surface area (Å²) in [5.41, 5.74) is 7.40. The highest BCUT2D eigenvalue weighted by Crippen LogP contribution is 2.63. The van der Waals surface area contributed by atoms with Crippen LogP contribution in [0, 0.1) is 5.41 Å². The highest BCUT2D eigenvalue weighted by molar-refractivity contribution is 5.93. The number of benzene rings is 1. The molecule has 4 N–H and O–H groups in total. The van der Waals surface area contributed by atoms with Gasteiger partial charge in [-0.15, -0.1) is 0 Å². The van der Waals surface area contributed by atoms with E-state index in [9.17, 15) is 4.79 Å². The maximum Gasteiger partial charge on any atom is 0.269 e. The number of nitrogens with one attached hydrogen (secondary N) is 2. The Kier molecular flexibility index (Phi) is 3.01. The molecule has 1 saturated carbocycles. The Morgan fingerprint density at radius 2 is 2.05 bits per heavy atom. The van der Waals surface area contributed by atoms with Crippen LogP contribution < -0.4 is 11.1 Å². The average Bonchev–Trinajstić information content (AvgIpc) is 2.81. The van der Waals surface area contributed by atoms with Crippen molar-refractivity contribution in [1.29, 1.82) is 0 Å². The van der Waals surface area contributed by atoms with Crippen molar-refractivity contribution in [1.82, 2.24) is 15.5 Å². The number of nitrogen functional groups attached to an aromatic ring is 1. The maximum atomic E-state index is 12.1. The smallest absolute Gasteiger partial charge is 0.269 e. The van der Waals surface area contributed by atoms with Crippen molar-refractivity contribution in [2.45, 2.75) is 25.7 Å². The Morgan fingerprint density at radius 3 is 2.57 bits per heavy atom. The predicted molar refractivity (Wildman–Crippen MR) is 81.9 cm³/mol. The van der Waals surface area contributed by atoms with Crippen LogP contribution in [-0.2, 0) is 5.41 Å². The van der Waals surface area contributed by atoms with E-state index in [4.69, 9.17) is 5.73 Å². The molecule has 0 aliphatic heterocycles. The molecular weight excluding hydrogens is 264 g/mol. The molecule has 2 aromatic rings. The molecule has 1 fully saturated rings. The summed E-state index contributed by atoms with van der Waals surface area (Å²) < 4.78 is 0. The number of hydrogen-bond acceptors (Lipinski definition) is 3. The number of amides is 1. The van der Waals surface area contributed by atoms with Crippen LogP contribution in [0.4, 0.5) is 5.82 Å². The lowest BCUT2D eigenvalue weighted by Gasteiger charge is -2.21. The third kappa shape index (κ3) is 2.28. The molecule has 5 heteroatoms. The first-order valence-corrected chi connectivity index (χ1v) is 7.09. The summed E-state index contributed by atoms with van der Waals surface area (Å²) in [7, 11) is 0. The van der Waals surface area contributed by atoms with Crippen molar-refractivity contribution in [3.8, 4) is 0 Å². The molecule has 3 rings (SSSR count). The summed E-state index contributed by atoms with van der Waals surface area (Å²) in [6.07, 6.45) is 1.06. The van der Waals surface area contributed by atoms with Crippen molar-refractivity contribution in [2.24, 2.45) is 5.41 Å². The number of rotatable bonds is 4. The number of carbonyl (C=O) groups is 1. The molecule has 1 heterocycles. The fourth-order valence-corrected chi connectivity index (χ4v) is 3.14. The molecule has 1 aromatic carbocycles. The number of nitrogens with two attached hydrogens (primary N) is 1. The summed E-state index contributed by atoms with van der Waals surface area (Å²) in [4.78, 5) is 12.1. The molecule has 21 heavy (non-hydrogen) atoms. The number of nitrogens with zero attached hydrogens (tertiary/aromatic N) is 1. The molecule has 0 saturated heterocycles. The molecule has 1 aromatic heterocycles. The van der Waals surface area contributed by atoms with Gasteiger partial charge in [0.1, 0.15) is 11.5 Å². The summed E-state index contributed by atoms with van der Waals surface area (Å²) >= 11 is 0. The van der Waals surface area contributed by atoms with Gasteiger partial charge in [0.15, 0.2) is 0 Å². The lowest BCUT2D eigenvalue weighted by Crippen LogP contribution is -2.35. The number of carbonyl (C=O) groups excluding carboxylic acids is 1. The first-order chi connectivity index (χ1) is 9.95. The lowest BCUT2D eigenvalue weighted by atomic mass is 9.88. The molecule has 1 amide bonds. The van der Waals surface area contributed by atoms with Crippen LogP contribution >= 0.6 is 0 Å². The minimum absolute atomic E-state index is 0.00941. The highest BCUT2D eigenvalue weighted by Gasteiger charge is 2.61. The maximum absolute atomic E-state index is 12.1. The van der Waals surface area contributed by atoms with Crippen molar-refractivity contribution in [3.05, 3.63) is 47.7 Å². The van der Waals surface area contributed by atoms with E-state index in [0.29, 0.717) is 18.1 Å². The van der Waals surface area contributed by atoms with E-state index in [-0.39, 0.29) is 16.7 Å². The topological polar surface area (TPSA) is 83.8 Å². The molecule has 110 valence electrons. The van der Waals surface area contributed by atoms with Crippen LogP contribution in [0.25, 0.3) is 0 Å². The largest absolute Gasteiger partial charge is 0.382 e. The van der Waals surface area contributed by atoms with E-state index in [1.165, 1.54) is 5.56 Å². The predicted octanol–water partition coefficient (Wildman–Crippen LogP) is 2.09. The Labute approximate surface area is 123 Å². The third-order valence-corrected chi connectivity index (χ3v) is 4.63. The second-order valence-corrected chi connectivity index (χ2v) is 6.40. The SMILES string of the molecule is CC1(C)C[C@]1(CNC(=O)c1cc(N)n[nH]1)c1ccccc1. The van der Waals surface area contributed by atoms with Gasteiger partial charge in [-0.25, -0.2) is 0 Å². The van der Waals surface area contributed by atoms with Crippen molar-refractivity contribution >= 4 is 11.7 Å². The summed E-state index contributed by atoms with van der Waals surface area (Å²) in [6, 6.07) is 11.9. The zero-order valence-electron chi connectivity index (χ0n) is 12.3. The molecule has 1 aliphatic carbocycles. The summed E-state index contributed by atoms with van der Waals surface area (Å²) in [5, 5.41) is 9.42. The van der Waals surface area contributed by atoms with E-state index in [2.05, 4.69) is 41.5 Å². The van der Waals surface area contributed by atoms with Crippen molar-refractivity contribution < 1.29 is 4.79 Å². The van der Waals surface area contributed by atoms with E-state index in [1.807, 2.05) is 18.2 Å². The summed E-state index contributed by atoms with van der Waals surface area (Å²) in [6.45, 7) is 5.09. The number of H-pyrrole nitrogens is 1. The third-order valence-electron chi connectivity index (χ3n) is 4.63. The minimum atomic E-state index is -0.169. The Balaban J connectivity index is 1.75. The van der Waals surface area contributed by atoms with Gasteiger partial charge in [-0.2, -0.15) is 5.10 Å². The van der Waals surface area contributed by atoms with Gasteiger partial charge in [0.2, 0.25) is 0 Å². The first kappa shape index (κ1) is 13.7. The zero-order chi connectivity index (χ0) is 15.1. The minimum Gasteiger partial charge on any atom is -0.382 e. The molecule has 0 radical (unpaired) electrons. The van der Waals surface area contributed by atoms with Crippen LogP contribution in [0.3, 0.4) is 0 Å². The molecular formula is C16H20N4O. The van der Waals surface area contributed by atoms with Gasteiger partial charge in [-0.05, 0) is 17.4 Å². The number of hydrogen-bond donors (Lipinski definition) is 3. The summed E-state index contributed by atoms with van der Waals surface area (Å²) in [5.74, 6) is 0.155. The van der Waals surface area contributed by atoms with Crippen LogP contribution in [0.1, 0.15) is 36.3 Å². The quantitative estimate of drug-likeness (QED) is 0.803. The van der Waals surface area contributed by atoms with Gasteiger partial charge in [-0.1, -0.05) is 44.2 Å². The monoisotopic (exact) mass is 284 g/mol. The second-order valence-electron chi connectivity index (χ2n) is 6.40. The van der Waals surface area contributed by atoms with Gasteiger partial charge < -0.3 is 11.1 Å². The number of aromatic amines is 1. The standard InChI is InChI=1S/C16H20N4O/c1-15(2)9-16(15,11-6-4-3-5-7-11)10-18-14(21)12-8-13(17)20-19-12/h3-8H,9-10H2,1-2H3,(H,18,21)(H3,17,19,20)/t16-/m0/s1. The van der Waals surface area contributed by atoms with E-state index in [1.54, 1.807) is 6.07 Å². The normalized spacial score (nSPS) is 22.8. The van der Waals surface area contributed by atoms with Crippen LogP contribution in [0.2, 0.25) is 0 Å². The van der Waals surface area contributed by atoms with Gasteiger partial charge in [0, 0.05) is 18.0 Å². The second kappa shape index (κ2) is 4.62. The highest BCUT2D eigenvalue weighted by atomic mass is 16.1. The van der Waals surface area contributed by atoms with Crippen LogP contribution in [0.15, 0.2) is 36.4 Å². The van der Waals surface area contributed by atoms with Crippen LogP contribution in [-0.4, -0.2) is 22.6 Å². The molecule has 1 aliphatic rings. The Morgan fingerprint density at radius 1 is 1.38 bits per heavy atom. The van der Waals surface area contributed by atoms with Crippen molar-refractivity contribution in [3.63, 3.8) is 0 Å². The van der Waals surface area contributed by atoms with E-state index < -0.39 is 0 Å². The fraction of sp³-hybridized carbons (Fsp3) is 0.375. The van der Waals surface area contributed by atoms with Crippen LogP contribution in [0.5, 0.6) is 0 Å². The van der Waals surface area contributed by atoms with Crippen molar-refractivity contribution in [2.75, 3.05) is 12.3 Å². The first-order valence-electron chi connectivity index (χ1n) is 7.09. The number of anilines is 1. The molecule has 0 unspecified atom stereocenters. The average molecular weight is 284 g/mol. The van der Waals surface area contributed by atoms with E-state index >= 15 is 0 Å². The Bertz CT molecular complexity index is 662. The van der Waals surface area contributed by atoms with Gasteiger partial charge in [-0.3, -0.25) is 9.89 Å². The lowest BCUT2D eigenvalue weighted by molar-refractivity contribution is 0.0943. The molecule has 5 nitrogen and oxygen atoms in total. The van der Waals surface area contributed by atoms with E-state index in [0.717, 1.165) is 6.42 Å². The molecule has 1 atom stereocenters. The molecule has 0 spiro atoms. The fourth-order valence-electron chi connectivity index (χ4n) is 3.14.